The fraction of sp³-hybridized carbons (Fsp3) is 1.00. The maximum atomic E-state index is 2.36. The molecule has 0 aromatic carbocycles. The maximum absolute atomic E-state index is 2.36. The van der Waals surface area contributed by atoms with E-state index in [1.807, 2.05) is 0 Å². The Morgan fingerprint density at radius 2 is 2.20 bits per heavy atom. The van der Waals surface area contributed by atoms with Gasteiger partial charge < -0.3 is 0 Å². The van der Waals surface area contributed by atoms with Crippen LogP contribution in [-0.2, 0) is 0 Å². The molecular weight excluding hydrogens is 140 g/mol. The van der Waals surface area contributed by atoms with Crippen LogP contribution in [0.3, 0.4) is 0 Å². The summed E-state index contributed by atoms with van der Waals surface area (Å²) in [6.07, 6.45) is 5.76. The van der Waals surface area contributed by atoms with Crippen molar-refractivity contribution < 1.29 is 0 Å². The number of hydrogen-bond donors (Lipinski definition) is 0. The summed E-state index contributed by atoms with van der Waals surface area (Å²) in [6, 6.07) is 0. The molecule has 1 aliphatic rings. The zero-order chi connectivity index (χ0) is 7.40. The Kier molecular flexibility index (Phi) is 3.61. The topological polar surface area (TPSA) is 0 Å². The molecule has 1 fully saturated rings. The van der Waals surface area contributed by atoms with E-state index in [9.17, 15) is 0 Å². The monoisotopic (exact) mass is 158 g/mol. The molecule has 0 nitrogen and oxygen atoms in total. The van der Waals surface area contributed by atoms with Crippen molar-refractivity contribution in [3.63, 3.8) is 0 Å². The molecule has 0 N–H and O–H groups in total. The molecule has 1 unspecified atom stereocenters. The quantitative estimate of drug-likeness (QED) is 0.591. The third-order valence-electron chi connectivity index (χ3n) is 2.01. The van der Waals surface area contributed by atoms with Crippen molar-refractivity contribution in [2.24, 2.45) is 5.92 Å². The van der Waals surface area contributed by atoms with E-state index in [2.05, 4.69) is 25.6 Å². The minimum absolute atomic E-state index is 0.908. The average molecular weight is 158 g/mol. The largest absolute Gasteiger partial charge is 0.159 e. The molecule has 0 bridgehead atoms. The van der Waals surface area contributed by atoms with E-state index in [4.69, 9.17) is 0 Å². The first-order valence-electron chi connectivity index (χ1n) is 4.44. The number of rotatable bonds is 5. The van der Waals surface area contributed by atoms with E-state index in [0.29, 0.717) is 0 Å². The minimum Gasteiger partial charge on any atom is -0.159 e. The first-order chi connectivity index (χ1) is 4.83. The molecule has 0 radical (unpaired) electrons. The van der Waals surface area contributed by atoms with Gasteiger partial charge in [0.25, 0.3) is 0 Å². The highest BCUT2D eigenvalue weighted by molar-refractivity contribution is 7.99. The molecule has 10 heavy (non-hydrogen) atoms. The molecule has 1 aliphatic carbocycles. The van der Waals surface area contributed by atoms with Gasteiger partial charge in [-0.1, -0.05) is 20.3 Å². The molecule has 1 atom stereocenters. The van der Waals surface area contributed by atoms with Gasteiger partial charge in [-0.15, -0.1) is 0 Å². The van der Waals surface area contributed by atoms with Crippen molar-refractivity contribution in [1.29, 1.82) is 0 Å². The molecular formula is C9H18S. The van der Waals surface area contributed by atoms with Crippen molar-refractivity contribution in [2.45, 2.75) is 44.8 Å². The van der Waals surface area contributed by atoms with Crippen LogP contribution in [0.25, 0.3) is 0 Å². The van der Waals surface area contributed by atoms with E-state index in [-0.39, 0.29) is 0 Å². The lowest BCUT2D eigenvalue weighted by Gasteiger charge is -2.07. The van der Waals surface area contributed by atoms with Crippen LogP contribution in [0.4, 0.5) is 0 Å². The van der Waals surface area contributed by atoms with Crippen molar-refractivity contribution in [3.05, 3.63) is 0 Å². The van der Waals surface area contributed by atoms with Crippen LogP contribution in [0.1, 0.15) is 39.5 Å². The lowest BCUT2D eigenvalue weighted by atomic mass is 10.3. The van der Waals surface area contributed by atoms with E-state index in [1.165, 1.54) is 31.4 Å². The van der Waals surface area contributed by atoms with E-state index < -0.39 is 0 Å². The standard InChI is InChI=1S/C9H18S/c1-3-4-8(2)10-7-9-5-6-9/h8-9H,3-7H2,1-2H3. The van der Waals surface area contributed by atoms with Crippen LogP contribution in [0.2, 0.25) is 0 Å². The molecule has 0 heterocycles. The Morgan fingerprint density at radius 1 is 1.50 bits per heavy atom. The molecule has 1 rings (SSSR count). The Labute approximate surface area is 68.8 Å². The van der Waals surface area contributed by atoms with Crippen molar-refractivity contribution >= 4 is 11.8 Å². The highest BCUT2D eigenvalue weighted by atomic mass is 32.2. The number of thioether (sulfide) groups is 1. The summed E-state index contributed by atoms with van der Waals surface area (Å²) in [7, 11) is 0. The second-order valence-electron chi connectivity index (χ2n) is 3.38. The predicted molar refractivity (Wildman–Crippen MR) is 49.6 cm³/mol. The van der Waals surface area contributed by atoms with Gasteiger partial charge >= 0.3 is 0 Å². The van der Waals surface area contributed by atoms with Crippen LogP contribution < -0.4 is 0 Å². The third-order valence-corrected chi connectivity index (χ3v) is 3.48. The summed E-state index contributed by atoms with van der Waals surface area (Å²) < 4.78 is 0. The predicted octanol–water partition coefficient (Wildman–Crippen LogP) is 3.32. The molecule has 60 valence electrons. The van der Waals surface area contributed by atoms with Crippen LogP contribution in [0.15, 0.2) is 0 Å². The summed E-state index contributed by atoms with van der Waals surface area (Å²) in [5.41, 5.74) is 0. The maximum Gasteiger partial charge on any atom is 0.00187 e. The van der Waals surface area contributed by atoms with Gasteiger partial charge in [-0.3, -0.25) is 0 Å². The van der Waals surface area contributed by atoms with Crippen LogP contribution in [-0.4, -0.2) is 11.0 Å². The summed E-state index contributed by atoms with van der Waals surface area (Å²) in [5, 5.41) is 0.908. The second-order valence-corrected chi connectivity index (χ2v) is 4.85. The molecule has 0 aliphatic heterocycles. The highest BCUT2D eigenvalue weighted by Crippen LogP contribution is 2.34. The van der Waals surface area contributed by atoms with Crippen LogP contribution in [0.5, 0.6) is 0 Å². The molecule has 1 heteroatoms. The lowest BCUT2D eigenvalue weighted by molar-refractivity contribution is 0.784. The van der Waals surface area contributed by atoms with Gasteiger partial charge in [-0.2, -0.15) is 11.8 Å². The first kappa shape index (κ1) is 8.45. The molecule has 0 saturated heterocycles. The van der Waals surface area contributed by atoms with Gasteiger partial charge in [0.05, 0.1) is 0 Å². The van der Waals surface area contributed by atoms with Crippen LogP contribution in [0, 0.1) is 5.92 Å². The lowest BCUT2D eigenvalue weighted by Crippen LogP contribution is -1.96. The van der Waals surface area contributed by atoms with E-state index in [0.717, 1.165) is 11.2 Å². The molecule has 0 aromatic heterocycles. The van der Waals surface area contributed by atoms with Crippen molar-refractivity contribution in [2.75, 3.05) is 5.75 Å². The molecule has 0 spiro atoms. The Morgan fingerprint density at radius 3 is 2.70 bits per heavy atom. The second kappa shape index (κ2) is 4.27. The fourth-order valence-corrected chi connectivity index (χ4v) is 2.41. The smallest absolute Gasteiger partial charge is 0.00187 e. The van der Waals surface area contributed by atoms with Gasteiger partial charge in [0.1, 0.15) is 0 Å². The molecule has 0 aromatic rings. The van der Waals surface area contributed by atoms with Crippen molar-refractivity contribution in [1.82, 2.24) is 0 Å². The van der Waals surface area contributed by atoms with Crippen LogP contribution >= 0.6 is 11.8 Å². The summed E-state index contributed by atoms with van der Waals surface area (Å²) in [4.78, 5) is 0. The zero-order valence-electron chi connectivity index (χ0n) is 7.10. The number of hydrogen-bond acceptors (Lipinski definition) is 1. The van der Waals surface area contributed by atoms with Gasteiger partial charge in [0.2, 0.25) is 0 Å². The fourth-order valence-electron chi connectivity index (χ4n) is 1.07. The van der Waals surface area contributed by atoms with Crippen molar-refractivity contribution in [3.8, 4) is 0 Å². The van der Waals surface area contributed by atoms with Gasteiger partial charge in [-0.25, -0.2) is 0 Å². The SMILES string of the molecule is CCCC(C)SCC1CC1. The zero-order valence-corrected chi connectivity index (χ0v) is 7.91. The third kappa shape index (κ3) is 3.50. The Bertz CT molecular complexity index is 86.7. The van der Waals surface area contributed by atoms with Gasteiger partial charge in [0.15, 0.2) is 0 Å². The molecule has 0 amide bonds. The summed E-state index contributed by atoms with van der Waals surface area (Å²) in [6.45, 7) is 4.63. The highest BCUT2D eigenvalue weighted by Gasteiger charge is 2.21. The summed E-state index contributed by atoms with van der Waals surface area (Å²) in [5.74, 6) is 2.53. The Balaban J connectivity index is 1.89. The molecule has 1 saturated carbocycles. The van der Waals surface area contributed by atoms with Gasteiger partial charge in [-0.05, 0) is 30.9 Å². The Hall–Kier alpha value is 0.350. The minimum atomic E-state index is 0.908. The van der Waals surface area contributed by atoms with E-state index >= 15 is 0 Å². The van der Waals surface area contributed by atoms with E-state index in [1.54, 1.807) is 0 Å². The van der Waals surface area contributed by atoms with Gasteiger partial charge in [0, 0.05) is 5.25 Å². The first-order valence-corrected chi connectivity index (χ1v) is 5.49. The normalized spacial score (nSPS) is 21.0. The average Bonchev–Trinajstić information content (AvgIpc) is 2.67. The summed E-state index contributed by atoms with van der Waals surface area (Å²) >= 11 is 2.17.